The van der Waals surface area contributed by atoms with Gasteiger partial charge in [-0.05, 0) is 73.7 Å². The van der Waals surface area contributed by atoms with Crippen molar-refractivity contribution in [3.63, 3.8) is 0 Å². The lowest BCUT2D eigenvalue weighted by molar-refractivity contribution is 0.341. The molecule has 0 aromatic heterocycles. The van der Waals surface area contributed by atoms with E-state index in [1.807, 2.05) is 18.2 Å². The van der Waals surface area contributed by atoms with Crippen LogP contribution >= 0.6 is 12.4 Å². The highest BCUT2D eigenvalue weighted by Gasteiger charge is 2.36. The van der Waals surface area contributed by atoms with Gasteiger partial charge in [0.05, 0.1) is 39.9 Å². The quantitative estimate of drug-likeness (QED) is 0.397. The highest BCUT2D eigenvalue weighted by molar-refractivity contribution is 5.85. The average Bonchev–Trinajstić information content (AvgIpc) is 2.87. The van der Waals surface area contributed by atoms with Crippen LogP contribution in [0.15, 0.2) is 36.4 Å². The molecule has 0 unspecified atom stereocenters. The van der Waals surface area contributed by atoms with Crippen LogP contribution in [-0.4, -0.2) is 41.5 Å². The number of halogens is 1. The van der Waals surface area contributed by atoms with Crippen LogP contribution in [0, 0.1) is 17.2 Å². The number of nitrogens with one attached hydrogen (secondary N) is 1. The van der Waals surface area contributed by atoms with Crippen LogP contribution in [0.1, 0.15) is 45.9 Å². The second-order valence-electron chi connectivity index (χ2n) is 7.38. The molecule has 0 bridgehead atoms. The van der Waals surface area contributed by atoms with Crippen molar-refractivity contribution in [3.05, 3.63) is 47.5 Å². The normalized spacial score (nSPS) is 15.8. The predicted molar refractivity (Wildman–Crippen MR) is 134 cm³/mol. The van der Waals surface area contributed by atoms with Gasteiger partial charge in [-0.3, -0.25) is 0 Å². The summed E-state index contributed by atoms with van der Waals surface area (Å²) in [7, 11) is 6.02. The van der Waals surface area contributed by atoms with E-state index in [4.69, 9.17) is 27.2 Å². The molecule has 33 heavy (non-hydrogen) atoms. The van der Waals surface area contributed by atoms with Crippen molar-refractivity contribution in [3.8, 4) is 29.1 Å². The van der Waals surface area contributed by atoms with Crippen LogP contribution in [0.3, 0.4) is 0 Å². The maximum atomic E-state index is 10.4. The van der Waals surface area contributed by atoms with Gasteiger partial charge < -0.3 is 24.3 Å². The summed E-state index contributed by atoms with van der Waals surface area (Å²) in [4.78, 5) is 0. The number of hydrogen-bond donors (Lipinski definition) is 1. The Balaban J connectivity index is 0.00000760. The van der Waals surface area contributed by atoms with E-state index in [-0.39, 0.29) is 30.1 Å². The topological polar surface area (TPSA) is 72.7 Å². The first-order valence-corrected chi connectivity index (χ1v) is 10.4. The first-order valence-electron chi connectivity index (χ1n) is 13.4. The molecule has 0 heterocycles. The van der Waals surface area contributed by atoms with E-state index in [1.165, 1.54) is 20.3 Å². The maximum Gasteiger partial charge on any atom is 0.161 e. The molecule has 0 amide bonds. The highest BCUT2D eigenvalue weighted by atomic mass is 35.5. The Labute approximate surface area is 213 Å². The molecule has 0 aliphatic carbocycles. The molecule has 2 aromatic rings. The van der Waals surface area contributed by atoms with Gasteiger partial charge in [0.2, 0.25) is 0 Å². The minimum absolute atomic E-state index is 0. The van der Waals surface area contributed by atoms with Gasteiger partial charge in [-0.25, -0.2) is 0 Å². The van der Waals surface area contributed by atoms with Crippen LogP contribution in [0.5, 0.6) is 23.0 Å². The zero-order valence-corrected chi connectivity index (χ0v) is 20.4. The summed E-state index contributed by atoms with van der Waals surface area (Å²) in [5.41, 5.74) is -0.516. The summed E-state index contributed by atoms with van der Waals surface area (Å²) in [6.45, 7) is -4.74. The zero-order chi connectivity index (χ0) is 28.6. The van der Waals surface area contributed by atoms with Crippen LogP contribution < -0.4 is 24.3 Å². The second kappa shape index (κ2) is 13.8. The summed E-state index contributed by atoms with van der Waals surface area (Å²) in [5, 5.41) is 13.7. The van der Waals surface area contributed by atoms with Crippen LogP contribution in [-0.2, 0) is 11.8 Å². The molecule has 2 rings (SSSR count). The van der Waals surface area contributed by atoms with Gasteiger partial charge in [0.25, 0.3) is 0 Å². The molecular weight excluding hydrogens is 440 g/mol. The Morgan fingerprint density at radius 3 is 2.09 bits per heavy atom. The van der Waals surface area contributed by atoms with Crippen LogP contribution in [0.2, 0.25) is 0 Å². The van der Waals surface area contributed by atoms with Crippen molar-refractivity contribution in [2.45, 2.75) is 38.4 Å². The molecule has 1 N–H and O–H groups in total. The SMILES string of the molecule is Cl.[2H]C([2H])([2H])C(C([2H])([2H])[2H])[C@](C#N)(CCCNCCc1ccc(OC)c(OC)c1)c1ccc(OC)c(OC)c1. The fourth-order valence-electron chi connectivity index (χ4n) is 3.64. The lowest BCUT2D eigenvalue weighted by Crippen LogP contribution is -2.32. The van der Waals surface area contributed by atoms with E-state index in [0.29, 0.717) is 43.2 Å². The van der Waals surface area contributed by atoms with Crippen molar-refractivity contribution >= 4 is 12.4 Å². The van der Waals surface area contributed by atoms with E-state index in [2.05, 4.69) is 11.4 Å². The van der Waals surface area contributed by atoms with E-state index < -0.39 is 25.0 Å². The zero-order valence-electron chi connectivity index (χ0n) is 25.6. The van der Waals surface area contributed by atoms with Crippen LogP contribution in [0.4, 0.5) is 0 Å². The Hall–Kier alpha value is -2.62. The minimum Gasteiger partial charge on any atom is -0.493 e. The summed E-state index contributed by atoms with van der Waals surface area (Å²) < 4.78 is 69.6. The van der Waals surface area contributed by atoms with Crippen molar-refractivity contribution in [2.24, 2.45) is 5.92 Å². The smallest absolute Gasteiger partial charge is 0.161 e. The maximum absolute atomic E-state index is 10.4. The molecule has 2 aromatic carbocycles. The van der Waals surface area contributed by atoms with Gasteiger partial charge in [-0.2, -0.15) is 5.26 Å². The summed E-state index contributed by atoms with van der Waals surface area (Å²) >= 11 is 0. The number of hydrogen-bond acceptors (Lipinski definition) is 6. The molecule has 0 aliphatic rings. The van der Waals surface area contributed by atoms with Crippen molar-refractivity contribution in [2.75, 3.05) is 41.5 Å². The fraction of sp³-hybridized carbons (Fsp3) is 0.500. The van der Waals surface area contributed by atoms with E-state index >= 15 is 0 Å². The molecule has 1 atom stereocenters. The number of benzene rings is 2. The molecule has 0 aliphatic heterocycles. The molecular formula is C26H37ClN2O4. The second-order valence-corrected chi connectivity index (χ2v) is 7.38. The summed E-state index contributed by atoms with van der Waals surface area (Å²) in [6, 6.07) is 12.4. The molecule has 182 valence electrons. The third kappa shape index (κ3) is 6.93. The third-order valence-corrected chi connectivity index (χ3v) is 5.55. The monoisotopic (exact) mass is 482 g/mol. The average molecular weight is 483 g/mol. The molecule has 6 nitrogen and oxygen atoms in total. The Morgan fingerprint density at radius 2 is 1.52 bits per heavy atom. The number of nitrogens with zero attached hydrogens (tertiary/aromatic N) is 1. The molecule has 7 heteroatoms. The number of ether oxygens (including phenoxy) is 4. The highest BCUT2D eigenvalue weighted by Crippen LogP contribution is 2.40. The lowest BCUT2D eigenvalue weighted by Gasteiger charge is -2.32. The van der Waals surface area contributed by atoms with Gasteiger partial charge in [0.1, 0.15) is 0 Å². The van der Waals surface area contributed by atoms with E-state index in [9.17, 15) is 5.26 Å². The summed E-state index contributed by atoms with van der Waals surface area (Å²) in [6.07, 6.45) is 1.09. The molecule has 0 fully saturated rings. The Morgan fingerprint density at radius 1 is 0.909 bits per heavy atom. The lowest BCUT2D eigenvalue weighted by atomic mass is 9.70. The van der Waals surface area contributed by atoms with E-state index in [0.717, 1.165) is 5.56 Å². The summed E-state index contributed by atoms with van der Waals surface area (Å²) in [5.74, 6) is 0.0495. The van der Waals surface area contributed by atoms with Crippen molar-refractivity contribution in [1.82, 2.24) is 5.32 Å². The van der Waals surface area contributed by atoms with Crippen molar-refractivity contribution in [1.29, 1.82) is 5.26 Å². The van der Waals surface area contributed by atoms with Gasteiger partial charge >= 0.3 is 0 Å². The molecule has 0 saturated heterocycles. The van der Waals surface area contributed by atoms with Crippen LogP contribution in [0.25, 0.3) is 0 Å². The first-order chi connectivity index (χ1) is 17.9. The molecule has 0 radical (unpaired) electrons. The first kappa shape index (κ1) is 19.8. The third-order valence-electron chi connectivity index (χ3n) is 5.55. The predicted octanol–water partition coefficient (Wildman–Crippen LogP) is 5.17. The number of methoxy groups -OCH3 is 4. The standard InChI is InChI=1S/C26H36N2O4.ClH/c1-19(2)26(18-27,21-9-11-23(30-4)25(17-21)32-6)13-7-14-28-15-12-20-8-10-22(29-3)24(16-20)31-5;/h8-11,16-17,19,28H,7,12-15H2,1-6H3;1H/t26-;/m1./s1/i1D3,2D3;. The Bertz CT molecular complexity index is 1090. The number of rotatable bonds is 13. The number of nitriles is 1. The molecule has 0 saturated carbocycles. The minimum atomic E-state index is -2.91. The Kier molecular flexibility index (Phi) is 8.30. The largest absolute Gasteiger partial charge is 0.493 e. The molecule has 0 spiro atoms. The van der Waals surface area contributed by atoms with Gasteiger partial charge in [-0.1, -0.05) is 25.8 Å². The van der Waals surface area contributed by atoms with Crippen molar-refractivity contribution < 1.29 is 27.2 Å². The van der Waals surface area contributed by atoms with Gasteiger partial charge in [0, 0.05) is 8.22 Å². The van der Waals surface area contributed by atoms with Gasteiger partial charge in [0.15, 0.2) is 23.0 Å². The van der Waals surface area contributed by atoms with E-state index in [1.54, 1.807) is 26.4 Å². The fourth-order valence-corrected chi connectivity index (χ4v) is 3.64. The van der Waals surface area contributed by atoms with Gasteiger partial charge in [-0.15, -0.1) is 12.4 Å².